The van der Waals surface area contributed by atoms with Crippen LogP contribution in [-0.2, 0) is 9.53 Å². The van der Waals surface area contributed by atoms with Gasteiger partial charge in [-0.15, -0.1) is 0 Å². The largest absolute Gasteiger partial charge is 0.468 e. The summed E-state index contributed by atoms with van der Waals surface area (Å²) in [5.41, 5.74) is 7.95. The smallest absolute Gasteiger partial charge is 0.326 e. The molecular weight excluding hydrogens is 244 g/mol. The molecule has 0 unspecified atom stereocenters. The van der Waals surface area contributed by atoms with Crippen LogP contribution in [0.15, 0.2) is 5.11 Å². The monoisotopic (exact) mass is 268 g/mol. The summed E-state index contributed by atoms with van der Waals surface area (Å²) in [6.45, 7) is 5.58. The first kappa shape index (κ1) is 15.8. The van der Waals surface area contributed by atoms with Crippen LogP contribution in [0.3, 0.4) is 0 Å². The zero-order valence-corrected chi connectivity index (χ0v) is 12.1. The molecule has 0 aromatic rings. The van der Waals surface area contributed by atoms with Gasteiger partial charge in [-0.3, -0.25) is 4.79 Å². The number of hydrogen-bond acceptors (Lipinski definition) is 4. The minimum absolute atomic E-state index is 0.174. The normalized spacial score (nSPS) is 20.4. The van der Waals surface area contributed by atoms with E-state index in [9.17, 15) is 4.79 Å². The molecule has 0 radical (unpaired) electrons. The van der Waals surface area contributed by atoms with E-state index in [0.29, 0.717) is 18.5 Å². The highest BCUT2D eigenvalue weighted by Crippen LogP contribution is 2.40. The molecule has 19 heavy (non-hydrogen) atoms. The summed E-state index contributed by atoms with van der Waals surface area (Å²) in [5, 5.41) is 6.81. The summed E-state index contributed by atoms with van der Waals surface area (Å²) in [6.07, 6.45) is 4.34. The van der Waals surface area contributed by atoms with E-state index in [1.54, 1.807) is 0 Å². The molecule has 1 saturated carbocycles. The Labute approximate surface area is 114 Å². The Morgan fingerprint density at radius 2 is 2.00 bits per heavy atom. The summed E-state index contributed by atoms with van der Waals surface area (Å²) < 4.78 is 4.96. The quantitative estimate of drug-likeness (QED) is 0.264. The van der Waals surface area contributed by atoms with Crippen molar-refractivity contribution in [3.05, 3.63) is 10.4 Å². The van der Waals surface area contributed by atoms with E-state index in [1.807, 2.05) is 0 Å². The number of azide groups is 1. The predicted octanol–water partition coefficient (Wildman–Crippen LogP) is 2.79. The maximum Gasteiger partial charge on any atom is 0.326 e. The van der Waals surface area contributed by atoms with Gasteiger partial charge in [-0.1, -0.05) is 19.0 Å². The first-order valence-corrected chi connectivity index (χ1v) is 6.80. The summed E-state index contributed by atoms with van der Waals surface area (Å²) >= 11 is 0. The number of hydrogen-bond donors (Lipinski definition) is 1. The molecule has 0 saturated heterocycles. The summed E-state index contributed by atoms with van der Waals surface area (Å²) in [4.78, 5) is 14.8. The minimum Gasteiger partial charge on any atom is -0.468 e. The molecule has 6 heteroatoms. The minimum atomic E-state index is -0.555. The lowest BCUT2D eigenvalue weighted by Gasteiger charge is -2.42. The van der Waals surface area contributed by atoms with Crippen molar-refractivity contribution >= 4 is 5.97 Å². The van der Waals surface area contributed by atoms with Gasteiger partial charge in [0.05, 0.1) is 7.11 Å². The van der Waals surface area contributed by atoms with Crippen molar-refractivity contribution in [1.82, 2.24) is 5.32 Å². The van der Waals surface area contributed by atoms with E-state index in [2.05, 4.69) is 29.2 Å². The Morgan fingerprint density at radius 1 is 1.37 bits per heavy atom. The number of nitrogens with zero attached hydrogens (tertiary/aromatic N) is 3. The average molecular weight is 268 g/mol. The second-order valence-electron chi connectivity index (χ2n) is 5.97. The Morgan fingerprint density at radius 3 is 2.53 bits per heavy atom. The molecule has 0 atom stereocenters. The molecule has 1 fully saturated rings. The van der Waals surface area contributed by atoms with Crippen LogP contribution in [0, 0.1) is 5.41 Å². The molecule has 0 aliphatic heterocycles. The second kappa shape index (κ2) is 6.78. The fourth-order valence-corrected chi connectivity index (χ4v) is 2.52. The molecule has 1 rings (SSSR count). The molecule has 1 aliphatic rings. The molecular formula is C13H24N4O2. The predicted molar refractivity (Wildman–Crippen MR) is 73.6 cm³/mol. The van der Waals surface area contributed by atoms with Gasteiger partial charge in [0.25, 0.3) is 0 Å². The van der Waals surface area contributed by atoms with Crippen molar-refractivity contribution < 1.29 is 9.53 Å². The zero-order chi connectivity index (χ0) is 14.4. The number of carbonyl (C=O) groups excluding carboxylic acids is 1. The zero-order valence-electron chi connectivity index (χ0n) is 12.1. The Bertz CT molecular complexity index is 352. The van der Waals surface area contributed by atoms with Gasteiger partial charge in [-0.05, 0) is 49.6 Å². The average Bonchev–Trinajstić information content (AvgIpc) is 2.40. The van der Waals surface area contributed by atoms with Crippen LogP contribution < -0.4 is 5.32 Å². The van der Waals surface area contributed by atoms with Crippen LogP contribution >= 0.6 is 0 Å². The highest BCUT2D eigenvalue weighted by Gasteiger charge is 2.44. The van der Waals surface area contributed by atoms with E-state index in [-0.39, 0.29) is 5.97 Å². The fourth-order valence-electron chi connectivity index (χ4n) is 2.52. The molecule has 6 nitrogen and oxygen atoms in total. The van der Waals surface area contributed by atoms with Crippen LogP contribution in [0.25, 0.3) is 10.4 Å². The van der Waals surface area contributed by atoms with Crippen molar-refractivity contribution in [2.75, 3.05) is 20.2 Å². The maximum absolute atomic E-state index is 12.1. The summed E-state index contributed by atoms with van der Waals surface area (Å²) in [7, 11) is 1.44. The number of esters is 1. The van der Waals surface area contributed by atoms with Crippen LogP contribution in [0.4, 0.5) is 0 Å². The van der Waals surface area contributed by atoms with E-state index in [4.69, 9.17) is 10.3 Å². The van der Waals surface area contributed by atoms with Crippen LogP contribution in [-0.4, -0.2) is 31.7 Å². The molecule has 0 amide bonds. The molecule has 108 valence electrons. The number of methoxy groups -OCH3 is 1. The number of rotatable bonds is 6. The molecule has 0 spiro atoms. The lowest BCUT2D eigenvalue weighted by Crippen LogP contribution is -2.56. The third kappa shape index (κ3) is 4.40. The first-order chi connectivity index (χ1) is 8.96. The maximum atomic E-state index is 12.1. The Kier molecular flexibility index (Phi) is 5.63. The van der Waals surface area contributed by atoms with Gasteiger partial charge in [0.15, 0.2) is 0 Å². The van der Waals surface area contributed by atoms with Crippen molar-refractivity contribution in [2.24, 2.45) is 10.5 Å². The molecule has 0 heterocycles. The van der Waals surface area contributed by atoms with Crippen molar-refractivity contribution in [3.63, 3.8) is 0 Å². The molecule has 0 aromatic carbocycles. The van der Waals surface area contributed by atoms with Gasteiger partial charge >= 0.3 is 5.97 Å². The van der Waals surface area contributed by atoms with E-state index >= 15 is 0 Å². The molecule has 0 aromatic heterocycles. The summed E-state index contributed by atoms with van der Waals surface area (Å²) in [5.74, 6) is -0.174. The standard InChI is InChI=1S/C13H24N4O2/c1-12(2)5-7-13(8-6-12,11(18)19-3)15-9-4-10-16-17-14/h15H,4-10H2,1-3H3. The van der Waals surface area contributed by atoms with E-state index in [1.165, 1.54) is 7.11 Å². The Balaban J connectivity index is 2.57. The fraction of sp³-hybridized carbons (Fsp3) is 0.923. The summed E-state index contributed by atoms with van der Waals surface area (Å²) in [6, 6.07) is 0. The van der Waals surface area contributed by atoms with Crippen molar-refractivity contribution in [2.45, 2.75) is 51.5 Å². The highest BCUT2D eigenvalue weighted by molar-refractivity contribution is 5.80. The third-order valence-corrected chi connectivity index (χ3v) is 3.99. The lowest BCUT2D eigenvalue weighted by atomic mass is 9.69. The Hall–Kier alpha value is -1.26. The number of carbonyl (C=O) groups is 1. The SMILES string of the molecule is COC(=O)C1(NCCCN=[N+]=[N-])CCC(C)(C)CC1. The van der Waals surface area contributed by atoms with Gasteiger partial charge in [0.2, 0.25) is 0 Å². The first-order valence-electron chi connectivity index (χ1n) is 6.80. The topological polar surface area (TPSA) is 87.1 Å². The second-order valence-corrected chi connectivity index (χ2v) is 5.97. The van der Waals surface area contributed by atoms with Gasteiger partial charge in [0.1, 0.15) is 5.54 Å². The van der Waals surface area contributed by atoms with Gasteiger partial charge < -0.3 is 10.1 Å². The van der Waals surface area contributed by atoms with Crippen molar-refractivity contribution in [3.8, 4) is 0 Å². The number of nitrogens with one attached hydrogen (secondary N) is 1. The van der Waals surface area contributed by atoms with Crippen LogP contribution in [0.2, 0.25) is 0 Å². The van der Waals surface area contributed by atoms with Crippen LogP contribution in [0.5, 0.6) is 0 Å². The third-order valence-electron chi connectivity index (χ3n) is 3.99. The highest BCUT2D eigenvalue weighted by atomic mass is 16.5. The van der Waals surface area contributed by atoms with Gasteiger partial charge in [-0.2, -0.15) is 0 Å². The van der Waals surface area contributed by atoms with E-state index < -0.39 is 5.54 Å². The molecule has 1 aliphatic carbocycles. The van der Waals surface area contributed by atoms with Gasteiger partial charge in [0, 0.05) is 11.5 Å². The lowest BCUT2D eigenvalue weighted by molar-refractivity contribution is -0.151. The number of ether oxygens (including phenoxy) is 1. The van der Waals surface area contributed by atoms with Crippen molar-refractivity contribution in [1.29, 1.82) is 0 Å². The van der Waals surface area contributed by atoms with E-state index in [0.717, 1.165) is 32.1 Å². The van der Waals surface area contributed by atoms with Crippen LogP contribution in [0.1, 0.15) is 46.0 Å². The van der Waals surface area contributed by atoms with Gasteiger partial charge in [-0.25, -0.2) is 0 Å². The molecule has 1 N–H and O–H groups in total. The molecule has 0 bridgehead atoms.